The van der Waals surface area contributed by atoms with Crippen molar-refractivity contribution in [3.63, 3.8) is 0 Å². The number of hydrogen-bond donors (Lipinski definition) is 1. The van der Waals surface area contributed by atoms with Gasteiger partial charge in [-0.1, -0.05) is 18.1 Å². The number of amides is 1. The highest BCUT2D eigenvalue weighted by atomic mass is 16.5. The highest BCUT2D eigenvalue weighted by Gasteiger charge is 2.26. The van der Waals surface area contributed by atoms with Gasteiger partial charge in [0.05, 0.1) is 19.4 Å². The number of aromatic nitrogens is 2. The number of carbonyl (C=O) groups is 1. The summed E-state index contributed by atoms with van der Waals surface area (Å²) in [5.41, 5.74) is 2.63. The Hall–Kier alpha value is -2.58. The first-order valence-corrected chi connectivity index (χ1v) is 6.73. The molecule has 1 atom stereocenters. The van der Waals surface area contributed by atoms with Gasteiger partial charge < -0.3 is 9.64 Å². The minimum absolute atomic E-state index is 0.0556. The average Bonchev–Trinajstić information content (AvgIpc) is 3.09. The highest BCUT2D eigenvalue weighted by Crippen LogP contribution is 2.19. The Morgan fingerprint density at radius 2 is 2.19 bits per heavy atom. The molecule has 1 amide bonds. The standard InChI is InChI=1S/C16H15N3O2/c1-2-15-11-21-8-7-19(15)16(20)13-5-3-12(4-6-13)14-9-17-18-10-14/h1,3-6,9-10,15H,7-8,11H2,(H,17,18). The molecule has 0 spiro atoms. The molecule has 1 aromatic heterocycles. The first-order valence-electron chi connectivity index (χ1n) is 6.73. The molecular formula is C16H15N3O2. The number of terminal acetylenes is 1. The number of nitrogens with one attached hydrogen (secondary N) is 1. The summed E-state index contributed by atoms with van der Waals surface area (Å²) in [6.45, 7) is 1.45. The molecule has 1 aliphatic rings. The molecule has 2 heterocycles. The van der Waals surface area contributed by atoms with E-state index in [2.05, 4.69) is 16.1 Å². The summed E-state index contributed by atoms with van der Waals surface area (Å²) >= 11 is 0. The molecule has 0 saturated carbocycles. The molecule has 2 aromatic rings. The van der Waals surface area contributed by atoms with Crippen LogP contribution in [0.1, 0.15) is 10.4 Å². The minimum Gasteiger partial charge on any atom is -0.376 e. The molecule has 1 unspecified atom stereocenters. The van der Waals surface area contributed by atoms with E-state index in [1.165, 1.54) is 0 Å². The number of carbonyl (C=O) groups excluding carboxylic acids is 1. The zero-order valence-electron chi connectivity index (χ0n) is 11.5. The molecule has 3 rings (SSSR count). The predicted molar refractivity (Wildman–Crippen MR) is 78.5 cm³/mol. The Bertz CT molecular complexity index is 656. The molecule has 0 aliphatic carbocycles. The van der Waals surface area contributed by atoms with Crippen LogP contribution in [0.3, 0.4) is 0 Å². The van der Waals surface area contributed by atoms with Crippen LogP contribution in [0.25, 0.3) is 11.1 Å². The molecule has 1 saturated heterocycles. The number of rotatable bonds is 2. The zero-order chi connectivity index (χ0) is 14.7. The van der Waals surface area contributed by atoms with Gasteiger partial charge in [0.1, 0.15) is 6.04 Å². The molecule has 1 aromatic carbocycles. The smallest absolute Gasteiger partial charge is 0.255 e. The van der Waals surface area contributed by atoms with Crippen LogP contribution in [0.4, 0.5) is 0 Å². The fourth-order valence-electron chi connectivity index (χ4n) is 2.36. The van der Waals surface area contributed by atoms with Gasteiger partial charge in [0, 0.05) is 23.9 Å². The van der Waals surface area contributed by atoms with E-state index in [0.29, 0.717) is 25.3 Å². The van der Waals surface area contributed by atoms with Crippen molar-refractivity contribution < 1.29 is 9.53 Å². The summed E-state index contributed by atoms with van der Waals surface area (Å²) in [6.07, 6.45) is 9.02. The fourth-order valence-corrected chi connectivity index (χ4v) is 2.36. The minimum atomic E-state index is -0.292. The maximum Gasteiger partial charge on any atom is 0.255 e. The van der Waals surface area contributed by atoms with Crippen LogP contribution >= 0.6 is 0 Å². The van der Waals surface area contributed by atoms with Crippen LogP contribution in [-0.2, 0) is 4.74 Å². The Balaban J connectivity index is 1.80. The van der Waals surface area contributed by atoms with Gasteiger partial charge in [-0.25, -0.2) is 0 Å². The highest BCUT2D eigenvalue weighted by molar-refractivity contribution is 5.95. The molecule has 5 heteroatoms. The first kappa shape index (κ1) is 13.4. The molecule has 1 aliphatic heterocycles. The van der Waals surface area contributed by atoms with Gasteiger partial charge in [0.2, 0.25) is 0 Å². The number of H-pyrrole nitrogens is 1. The van der Waals surface area contributed by atoms with Crippen molar-refractivity contribution in [1.82, 2.24) is 15.1 Å². The van der Waals surface area contributed by atoms with Crippen LogP contribution in [0, 0.1) is 12.3 Å². The Labute approximate surface area is 122 Å². The van der Waals surface area contributed by atoms with Gasteiger partial charge in [-0.05, 0) is 17.7 Å². The van der Waals surface area contributed by atoms with Gasteiger partial charge in [-0.2, -0.15) is 5.10 Å². The third kappa shape index (κ3) is 2.67. The number of aromatic amines is 1. The second-order valence-electron chi connectivity index (χ2n) is 4.82. The number of benzene rings is 1. The van der Waals surface area contributed by atoms with Crippen molar-refractivity contribution in [3.8, 4) is 23.5 Å². The van der Waals surface area contributed by atoms with Crippen LogP contribution in [0.5, 0.6) is 0 Å². The molecule has 1 N–H and O–H groups in total. The van der Waals surface area contributed by atoms with E-state index in [0.717, 1.165) is 11.1 Å². The Morgan fingerprint density at radius 3 is 2.86 bits per heavy atom. The summed E-state index contributed by atoms with van der Waals surface area (Å²) in [7, 11) is 0. The molecule has 0 bridgehead atoms. The topological polar surface area (TPSA) is 58.2 Å². The second kappa shape index (κ2) is 5.81. The van der Waals surface area contributed by atoms with Crippen LogP contribution in [-0.4, -0.2) is 46.8 Å². The first-order chi connectivity index (χ1) is 10.3. The van der Waals surface area contributed by atoms with E-state index in [4.69, 9.17) is 11.2 Å². The quantitative estimate of drug-likeness (QED) is 0.850. The van der Waals surface area contributed by atoms with Gasteiger partial charge in [-0.15, -0.1) is 6.42 Å². The molecule has 5 nitrogen and oxygen atoms in total. The number of morpholine rings is 1. The van der Waals surface area contributed by atoms with E-state index in [9.17, 15) is 4.79 Å². The molecule has 1 fully saturated rings. The maximum absolute atomic E-state index is 12.5. The maximum atomic E-state index is 12.5. The SMILES string of the molecule is C#CC1COCCN1C(=O)c1ccc(-c2cn[nH]c2)cc1. The second-order valence-corrected chi connectivity index (χ2v) is 4.82. The van der Waals surface area contributed by atoms with E-state index < -0.39 is 0 Å². The predicted octanol–water partition coefficient (Wildman–Crippen LogP) is 1.55. The van der Waals surface area contributed by atoms with E-state index >= 15 is 0 Å². The lowest BCUT2D eigenvalue weighted by molar-refractivity contribution is 0.0138. The summed E-state index contributed by atoms with van der Waals surface area (Å²) in [6, 6.07) is 7.15. The van der Waals surface area contributed by atoms with Crippen LogP contribution < -0.4 is 0 Å². The lowest BCUT2D eigenvalue weighted by atomic mass is 10.1. The van der Waals surface area contributed by atoms with Gasteiger partial charge in [-0.3, -0.25) is 9.89 Å². The van der Waals surface area contributed by atoms with E-state index in [1.807, 2.05) is 30.5 Å². The summed E-state index contributed by atoms with van der Waals surface area (Å²) in [5.74, 6) is 2.55. The normalized spacial score (nSPS) is 18.2. The van der Waals surface area contributed by atoms with Gasteiger partial charge in [0.15, 0.2) is 0 Å². The Kier molecular flexibility index (Phi) is 3.71. The summed E-state index contributed by atoms with van der Waals surface area (Å²) in [5, 5.41) is 6.68. The molecule has 0 radical (unpaired) electrons. The van der Waals surface area contributed by atoms with Crippen molar-refractivity contribution in [3.05, 3.63) is 42.2 Å². The van der Waals surface area contributed by atoms with Gasteiger partial charge >= 0.3 is 0 Å². The third-order valence-electron chi connectivity index (χ3n) is 3.55. The summed E-state index contributed by atoms with van der Waals surface area (Å²) in [4.78, 5) is 14.2. The fraction of sp³-hybridized carbons (Fsp3) is 0.250. The molecule has 21 heavy (non-hydrogen) atoms. The average molecular weight is 281 g/mol. The van der Waals surface area contributed by atoms with Crippen molar-refractivity contribution in [1.29, 1.82) is 0 Å². The Morgan fingerprint density at radius 1 is 1.38 bits per heavy atom. The zero-order valence-corrected chi connectivity index (χ0v) is 11.5. The van der Waals surface area contributed by atoms with Crippen molar-refractivity contribution in [2.24, 2.45) is 0 Å². The van der Waals surface area contributed by atoms with Crippen LogP contribution in [0.2, 0.25) is 0 Å². The number of ether oxygens (including phenoxy) is 1. The lowest BCUT2D eigenvalue weighted by Gasteiger charge is -2.32. The van der Waals surface area contributed by atoms with Crippen LogP contribution in [0.15, 0.2) is 36.7 Å². The largest absolute Gasteiger partial charge is 0.376 e. The number of nitrogens with zero attached hydrogens (tertiary/aromatic N) is 2. The van der Waals surface area contributed by atoms with Crippen molar-refractivity contribution >= 4 is 5.91 Å². The van der Waals surface area contributed by atoms with E-state index in [-0.39, 0.29) is 11.9 Å². The number of hydrogen-bond acceptors (Lipinski definition) is 3. The monoisotopic (exact) mass is 281 g/mol. The van der Waals surface area contributed by atoms with Crippen molar-refractivity contribution in [2.45, 2.75) is 6.04 Å². The third-order valence-corrected chi connectivity index (χ3v) is 3.55. The van der Waals surface area contributed by atoms with Gasteiger partial charge in [0.25, 0.3) is 5.91 Å². The lowest BCUT2D eigenvalue weighted by Crippen LogP contribution is -2.47. The van der Waals surface area contributed by atoms with Crippen molar-refractivity contribution in [2.75, 3.05) is 19.8 Å². The molecule has 106 valence electrons. The summed E-state index contributed by atoms with van der Waals surface area (Å²) < 4.78 is 5.31. The molecular weight excluding hydrogens is 266 g/mol. The van der Waals surface area contributed by atoms with E-state index in [1.54, 1.807) is 11.1 Å².